The van der Waals surface area contributed by atoms with Crippen molar-refractivity contribution < 1.29 is 13.9 Å². The quantitative estimate of drug-likeness (QED) is 0.822. The van der Waals surface area contributed by atoms with Gasteiger partial charge in [0, 0.05) is 38.4 Å². The van der Waals surface area contributed by atoms with E-state index in [1.165, 1.54) is 6.07 Å². The third kappa shape index (κ3) is 4.11. The zero-order chi connectivity index (χ0) is 18.0. The van der Waals surface area contributed by atoms with E-state index in [0.717, 1.165) is 56.0 Å². The fourth-order valence-electron chi connectivity index (χ4n) is 4.00. The number of ether oxygens (including phenoxy) is 2. The maximum atomic E-state index is 13.3. The van der Waals surface area contributed by atoms with Crippen LogP contribution in [0.5, 0.6) is 0 Å². The molecule has 26 heavy (non-hydrogen) atoms. The summed E-state index contributed by atoms with van der Waals surface area (Å²) in [5.74, 6) is -0.176. The molecule has 1 aromatic carbocycles. The van der Waals surface area contributed by atoms with Gasteiger partial charge in [-0.1, -0.05) is 18.2 Å². The fourth-order valence-corrected chi connectivity index (χ4v) is 4.00. The first kappa shape index (κ1) is 17.6. The van der Waals surface area contributed by atoms with Crippen molar-refractivity contribution in [1.82, 2.24) is 9.88 Å². The molecule has 1 aromatic heterocycles. The van der Waals surface area contributed by atoms with Crippen molar-refractivity contribution in [2.75, 3.05) is 19.7 Å². The monoisotopic (exact) mass is 356 g/mol. The van der Waals surface area contributed by atoms with E-state index >= 15 is 0 Å². The number of halogens is 1. The zero-order valence-electron chi connectivity index (χ0n) is 15.2. The molecule has 4 rings (SSSR count). The van der Waals surface area contributed by atoms with E-state index in [1.54, 1.807) is 12.1 Å². The zero-order valence-corrected chi connectivity index (χ0v) is 15.2. The summed E-state index contributed by atoms with van der Waals surface area (Å²) >= 11 is 0. The molecule has 0 unspecified atom stereocenters. The standard InChI is InChI=1S/C21H25FN2O2/c1-16-4-2-7-19(23-16)13-25-20-8-9-26-21(11-20)14-24(15-21)12-17-5-3-6-18(22)10-17/h2-7,10,20H,8-9,11-15H2,1H3/t20-/m1/s1. The van der Waals surface area contributed by atoms with Crippen LogP contribution in [0.25, 0.3) is 0 Å². The minimum Gasteiger partial charge on any atom is -0.372 e. The first-order valence-electron chi connectivity index (χ1n) is 9.25. The van der Waals surface area contributed by atoms with Crippen molar-refractivity contribution in [3.05, 3.63) is 65.2 Å². The van der Waals surface area contributed by atoms with Gasteiger partial charge in [-0.3, -0.25) is 9.88 Å². The highest BCUT2D eigenvalue weighted by Crippen LogP contribution is 2.36. The SMILES string of the molecule is Cc1cccc(CO[C@@H]2CCOC3(C2)CN(Cc2cccc(F)c2)C3)n1. The predicted molar refractivity (Wildman–Crippen MR) is 97.1 cm³/mol. The van der Waals surface area contributed by atoms with Crippen LogP contribution in [0.15, 0.2) is 42.5 Å². The first-order chi connectivity index (χ1) is 12.6. The van der Waals surface area contributed by atoms with Gasteiger partial charge in [0.15, 0.2) is 0 Å². The number of hydrogen-bond donors (Lipinski definition) is 0. The second-order valence-electron chi connectivity index (χ2n) is 7.50. The molecule has 0 aliphatic carbocycles. The van der Waals surface area contributed by atoms with Crippen LogP contribution >= 0.6 is 0 Å². The number of likely N-dealkylation sites (tertiary alicyclic amines) is 1. The van der Waals surface area contributed by atoms with Crippen molar-refractivity contribution in [3.63, 3.8) is 0 Å². The van der Waals surface area contributed by atoms with Crippen molar-refractivity contribution in [3.8, 4) is 0 Å². The molecular weight excluding hydrogens is 331 g/mol. The van der Waals surface area contributed by atoms with Gasteiger partial charge in [0.05, 0.1) is 24.0 Å². The van der Waals surface area contributed by atoms with Crippen LogP contribution < -0.4 is 0 Å². The Morgan fingerprint density at radius 2 is 2.12 bits per heavy atom. The van der Waals surface area contributed by atoms with Crippen molar-refractivity contribution in [1.29, 1.82) is 0 Å². The maximum Gasteiger partial charge on any atom is 0.123 e. The molecule has 3 heterocycles. The lowest BCUT2D eigenvalue weighted by Gasteiger charge is -2.53. The molecule has 1 atom stereocenters. The van der Waals surface area contributed by atoms with Gasteiger partial charge >= 0.3 is 0 Å². The Labute approximate surface area is 153 Å². The third-order valence-corrected chi connectivity index (χ3v) is 5.18. The second kappa shape index (κ2) is 7.43. The lowest BCUT2D eigenvalue weighted by molar-refractivity contribution is -0.200. The summed E-state index contributed by atoms with van der Waals surface area (Å²) in [4.78, 5) is 6.80. The number of rotatable bonds is 5. The van der Waals surface area contributed by atoms with Gasteiger partial charge in [-0.05, 0) is 43.2 Å². The van der Waals surface area contributed by atoms with Gasteiger partial charge in [-0.25, -0.2) is 4.39 Å². The van der Waals surface area contributed by atoms with Crippen LogP contribution in [-0.4, -0.2) is 41.3 Å². The Balaban J connectivity index is 1.28. The molecule has 0 radical (unpaired) electrons. The number of aryl methyl sites for hydroxylation is 1. The number of benzene rings is 1. The average molecular weight is 356 g/mol. The summed E-state index contributed by atoms with van der Waals surface area (Å²) in [7, 11) is 0. The average Bonchev–Trinajstić information content (AvgIpc) is 2.59. The van der Waals surface area contributed by atoms with Crippen molar-refractivity contribution >= 4 is 0 Å². The smallest absolute Gasteiger partial charge is 0.123 e. The third-order valence-electron chi connectivity index (χ3n) is 5.18. The van der Waals surface area contributed by atoms with Crippen LogP contribution in [0.4, 0.5) is 4.39 Å². The normalized spacial score (nSPS) is 22.3. The van der Waals surface area contributed by atoms with Gasteiger partial charge in [0.1, 0.15) is 5.82 Å². The largest absolute Gasteiger partial charge is 0.372 e. The summed E-state index contributed by atoms with van der Waals surface area (Å²) in [5.41, 5.74) is 2.90. The van der Waals surface area contributed by atoms with Crippen molar-refractivity contribution in [2.24, 2.45) is 0 Å². The number of hydrogen-bond acceptors (Lipinski definition) is 4. The van der Waals surface area contributed by atoms with Crippen LogP contribution in [0.1, 0.15) is 29.8 Å². The summed E-state index contributed by atoms with van der Waals surface area (Å²) in [6.07, 6.45) is 2.05. The Bertz CT molecular complexity index is 761. The van der Waals surface area contributed by atoms with E-state index in [9.17, 15) is 4.39 Å². The molecule has 0 N–H and O–H groups in total. The van der Waals surface area contributed by atoms with E-state index < -0.39 is 0 Å². The number of pyridine rings is 1. The van der Waals surface area contributed by atoms with Crippen LogP contribution in [-0.2, 0) is 22.6 Å². The van der Waals surface area contributed by atoms with E-state index in [4.69, 9.17) is 9.47 Å². The number of aromatic nitrogens is 1. The molecule has 0 bridgehead atoms. The number of nitrogens with zero attached hydrogens (tertiary/aromatic N) is 2. The Kier molecular flexibility index (Phi) is 5.02. The molecule has 4 nitrogen and oxygen atoms in total. The summed E-state index contributed by atoms with van der Waals surface area (Å²) < 4.78 is 25.5. The van der Waals surface area contributed by atoms with Gasteiger partial charge in [-0.15, -0.1) is 0 Å². The lowest BCUT2D eigenvalue weighted by Crippen LogP contribution is -2.65. The van der Waals surface area contributed by atoms with Gasteiger partial charge < -0.3 is 9.47 Å². The summed E-state index contributed by atoms with van der Waals surface area (Å²) in [6.45, 7) is 5.81. The fraction of sp³-hybridized carbons (Fsp3) is 0.476. The lowest BCUT2D eigenvalue weighted by atomic mass is 9.84. The molecule has 2 aliphatic heterocycles. The molecule has 2 fully saturated rings. The van der Waals surface area contributed by atoms with Gasteiger partial charge in [0.25, 0.3) is 0 Å². The second-order valence-corrected chi connectivity index (χ2v) is 7.50. The Morgan fingerprint density at radius 3 is 2.92 bits per heavy atom. The molecule has 0 saturated carbocycles. The topological polar surface area (TPSA) is 34.6 Å². The molecule has 2 aromatic rings. The van der Waals surface area contributed by atoms with E-state index in [1.807, 2.05) is 31.2 Å². The highest BCUT2D eigenvalue weighted by molar-refractivity contribution is 5.17. The van der Waals surface area contributed by atoms with Crippen LogP contribution in [0, 0.1) is 12.7 Å². The van der Waals surface area contributed by atoms with Crippen molar-refractivity contribution in [2.45, 2.75) is 44.6 Å². The van der Waals surface area contributed by atoms with Gasteiger partial charge in [0.2, 0.25) is 0 Å². The van der Waals surface area contributed by atoms with E-state index in [0.29, 0.717) is 6.61 Å². The predicted octanol–water partition coefficient (Wildman–Crippen LogP) is 3.48. The first-order valence-corrected chi connectivity index (χ1v) is 9.25. The molecule has 2 saturated heterocycles. The minimum absolute atomic E-state index is 0.101. The van der Waals surface area contributed by atoms with Crippen LogP contribution in [0.2, 0.25) is 0 Å². The minimum atomic E-state index is -0.176. The summed E-state index contributed by atoms with van der Waals surface area (Å²) in [5, 5.41) is 0. The van der Waals surface area contributed by atoms with E-state index in [-0.39, 0.29) is 17.5 Å². The van der Waals surface area contributed by atoms with Gasteiger partial charge in [-0.2, -0.15) is 0 Å². The van der Waals surface area contributed by atoms with Crippen LogP contribution in [0.3, 0.4) is 0 Å². The molecule has 2 aliphatic rings. The Hall–Kier alpha value is -1.82. The maximum absolute atomic E-state index is 13.3. The molecule has 0 amide bonds. The summed E-state index contributed by atoms with van der Waals surface area (Å²) in [6, 6.07) is 12.8. The highest BCUT2D eigenvalue weighted by Gasteiger charge is 2.47. The molecule has 138 valence electrons. The molecule has 5 heteroatoms. The Morgan fingerprint density at radius 1 is 1.27 bits per heavy atom. The molecule has 1 spiro atoms. The highest BCUT2D eigenvalue weighted by atomic mass is 19.1. The van der Waals surface area contributed by atoms with E-state index in [2.05, 4.69) is 9.88 Å². The molecular formula is C21H25FN2O2.